The monoisotopic (exact) mass is 395 g/mol. The van der Waals surface area contributed by atoms with Gasteiger partial charge in [-0.05, 0) is 32.8 Å². The molecule has 0 atom stereocenters. The molecule has 6 nitrogen and oxygen atoms in total. The van der Waals surface area contributed by atoms with Crippen molar-refractivity contribution in [2.24, 2.45) is 5.73 Å². The minimum atomic E-state index is -0.123. The Balaban J connectivity index is 2.03. The Morgan fingerprint density at radius 1 is 1.27 bits per heavy atom. The third-order valence-corrected chi connectivity index (χ3v) is 5.48. The van der Waals surface area contributed by atoms with Crippen LogP contribution in [0.25, 0.3) is 11.3 Å². The summed E-state index contributed by atoms with van der Waals surface area (Å²) in [6, 6.07) is 1.79. The number of nitrogens with zero attached hydrogens (tertiary/aromatic N) is 4. The van der Waals surface area contributed by atoms with Crippen LogP contribution >= 0.6 is 23.2 Å². The molecule has 0 unspecified atom stereocenters. The number of methoxy groups -OCH3 is 1. The van der Waals surface area contributed by atoms with Crippen LogP contribution in [-0.4, -0.2) is 40.7 Å². The van der Waals surface area contributed by atoms with Crippen LogP contribution in [0.4, 0.5) is 5.82 Å². The quantitative estimate of drug-likeness (QED) is 0.796. The molecule has 2 aromatic heterocycles. The third kappa shape index (κ3) is 3.93. The molecule has 1 fully saturated rings. The first-order valence-electron chi connectivity index (χ1n) is 8.53. The van der Waals surface area contributed by atoms with Gasteiger partial charge in [0.05, 0.1) is 23.0 Å². The molecule has 0 bridgehead atoms. The predicted molar refractivity (Wildman–Crippen MR) is 105 cm³/mol. The van der Waals surface area contributed by atoms with Gasteiger partial charge in [-0.25, -0.2) is 15.0 Å². The number of aromatic nitrogens is 3. The lowest BCUT2D eigenvalue weighted by Crippen LogP contribution is -2.48. The predicted octanol–water partition coefficient (Wildman–Crippen LogP) is 3.62. The Hall–Kier alpha value is -1.47. The van der Waals surface area contributed by atoms with E-state index in [0.717, 1.165) is 43.1 Å². The molecule has 1 aliphatic heterocycles. The van der Waals surface area contributed by atoms with E-state index in [0.29, 0.717) is 22.9 Å². The summed E-state index contributed by atoms with van der Waals surface area (Å²) in [7, 11) is 1.65. The first-order chi connectivity index (χ1) is 12.3. The van der Waals surface area contributed by atoms with Gasteiger partial charge in [0.1, 0.15) is 10.8 Å². The summed E-state index contributed by atoms with van der Waals surface area (Å²) in [4.78, 5) is 15.9. The van der Waals surface area contributed by atoms with Crippen LogP contribution in [0.2, 0.25) is 10.2 Å². The molecule has 3 rings (SSSR count). The van der Waals surface area contributed by atoms with Crippen molar-refractivity contribution in [1.29, 1.82) is 0 Å². The molecule has 0 aliphatic carbocycles. The van der Waals surface area contributed by atoms with Gasteiger partial charge in [0.15, 0.2) is 5.82 Å². The molecular formula is C18H23Cl2N5O. The zero-order valence-corrected chi connectivity index (χ0v) is 16.7. The summed E-state index contributed by atoms with van der Waals surface area (Å²) in [5.41, 5.74) is 9.10. The molecule has 0 radical (unpaired) electrons. The molecule has 26 heavy (non-hydrogen) atoms. The highest BCUT2D eigenvalue weighted by molar-refractivity contribution is 6.42. The summed E-state index contributed by atoms with van der Waals surface area (Å²) in [5.74, 6) is 0.847. The number of halogens is 2. The maximum atomic E-state index is 6.33. The SMILES string of the molecule is COCc1nc(-c2ccnc(Cl)c2Cl)c(C)nc1N1CCC(C)(N)CC1. The summed E-state index contributed by atoms with van der Waals surface area (Å²) < 4.78 is 5.36. The van der Waals surface area contributed by atoms with Gasteiger partial charge in [-0.2, -0.15) is 0 Å². The lowest BCUT2D eigenvalue weighted by atomic mass is 9.91. The topological polar surface area (TPSA) is 77.2 Å². The Kier molecular flexibility index (Phi) is 5.67. The highest BCUT2D eigenvalue weighted by Gasteiger charge is 2.28. The van der Waals surface area contributed by atoms with E-state index in [2.05, 4.69) is 16.8 Å². The summed E-state index contributed by atoms with van der Waals surface area (Å²) >= 11 is 12.4. The van der Waals surface area contributed by atoms with Crippen molar-refractivity contribution in [3.63, 3.8) is 0 Å². The minimum Gasteiger partial charge on any atom is -0.378 e. The number of hydrogen-bond donors (Lipinski definition) is 1. The average molecular weight is 396 g/mol. The van der Waals surface area contributed by atoms with Gasteiger partial charge in [0.2, 0.25) is 0 Å². The van der Waals surface area contributed by atoms with E-state index in [-0.39, 0.29) is 10.7 Å². The van der Waals surface area contributed by atoms with Crippen molar-refractivity contribution < 1.29 is 4.74 Å². The normalized spacial score (nSPS) is 16.8. The van der Waals surface area contributed by atoms with Crippen LogP contribution in [-0.2, 0) is 11.3 Å². The van der Waals surface area contributed by atoms with E-state index in [9.17, 15) is 0 Å². The second kappa shape index (κ2) is 7.64. The van der Waals surface area contributed by atoms with Crippen LogP contribution in [0.1, 0.15) is 31.2 Å². The van der Waals surface area contributed by atoms with Gasteiger partial charge >= 0.3 is 0 Å². The Labute approximate surface area is 163 Å². The fourth-order valence-corrected chi connectivity index (χ4v) is 3.47. The van der Waals surface area contributed by atoms with E-state index in [1.807, 2.05) is 6.92 Å². The third-order valence-electron chi connectivity index (χ3n) is 4.71. The van der Waals surface area contributed by atoms with Crippen LogP contribution in [0, 0.1) is 6.92 Å². The molecule has 0 saturated carbocycles. The molecule has 2 N–H and O–H groups in total. The van der Waals surface area contributed by atoms with E-state index in [1.54, 1.807) is 19.4 Å². The zero-order chi connectivity index (χ0) is 18.9. The lowest BCUT2D eigenvalue weighted by molar-refractivity contribution is 0.181. The van der Waals surface area contributed by atoms with Crippen molar-refractivity contribution in [2.45, 2.75) is 38.8 Å². The van der Waals surface area contributed by atoms with E-state index < -0.39 is 0 Å². The molecule has 140 valence electrons. The maximum Gasteiger partial charge on any atom is 0.153 e. The average Bonchev–Trinajstić information content (AvgIpc) is 2.59. The number of nitrogens with two attached hydrogens (primary N) is 1. The Morgan fingerprint density at radius 3 is 2.62 bits per heavy atom. The summed E-state index contributed by atoms with van der Waals surface area (Å²) in [5, 5.41) is 0.626. The number of aryl methyl sites for hydroxylation is 1. The molecule has 0 aromatic carbocycles. The molecule has 3 heterocycles. The van der Waals surface area contributed by atoms with Gasteiger partial charge < -0.3 is 15.4 Å². The van der Waals surface area contributed by atoms with Gasteiger partial charge in [0.25, 0.3) is 0 Å². The zero-order valence-electron chi connectivity index (χ0n) is 15.2. The standard InChI is InChI=1S/C18H23Cl2N5O/c1-11-15(12-4-7-22-16(20)14(12)19)24-13(10-26-3)17(23-11)25-8-5-18(2,21)6-9-25/h4,7H,5-6,8-10,21H2,1-3H3. The van der Waals surface area contributed by atoms with Crippen molar-refractivity contribution >= 4 is 29.0 Å². The molecule has 2 aromatic rings. The van der Waals surface area contributed by atoms with Crippen LogP contribution in [0.5, 0.6) is 0 Å². The number of pyridine rings is 1. The van der Waals surface area contributed by atoms with Gasteiger partial charge in [-0.1, -0.05) is 23.2 Å². The van der Waals surface area contributed by atoms with Crippen LogP contribution in [0.3, 0.4) is 0 Å². The molecule has 1 saturated heterocycles. The minimum absolute atomic E-state index is 0.123. The van der Waals surface area contributed by atoms with Gasteiger partial charge in [-0.15, -0.1) is 0 Å². The molecule has 0 amide bonds. The largest absolute Gasteiger partial charge is 0.378 e. The van der Waals surface area contributed by atoms with Crippen molar-refractivity contribution in [3.05, 3.63) is 33.8 Å². The molecule has 1 aliphatic rings. The van der Waals surface area contributed by atoms with Crippen molar-refractivity contribution in [2.75, 3.05) is 25.1 Å². The number of hydrogen-bond acceptors (Lipinski definition) is 6. The fraction of sp³-hybridized carbons (Fsp3) is 0.500. The lowest BCUT2D eigenvalue weighted by Gasteiger charge is -2.38. The maximum absolute atomic E-state index is 6.33. The highest BCUT2D eigenvalue weighted by atomic mass is 35.5. The van der Waals surface area contributed by atoms with Crippen LogP contribution in [0.15, 0.2) is 12.3 Å². The number of piperidine rings is 1. The molecular weight excluding hydrogens is 373 g/mol. The van der Waals surface area contributed by atoms with Crippen LogP contribution < -0.4 is 10.6 Å². The van der Waals surface area contributed by atoms with E-state index >= 15 is 0 Å². The summed E-state index contributed by atoms with van der Waals surface area (Å²) in [6.45, 7) is 6.07. The Bertz CT molecular complexity index is 802. The smallest absolute Gasteiger partial charge is 0.153 e. The Morgan fingerprint density at radius 2 is 1.96 bits per heavy atom. The first-order valence-corrected chi connectivity index (χ1v) is 9.28. The van der Waals surface area contributed by atoms with E-state index in [4.69, 9.17) is 43.6 Å². The number of rotatable bonds is 4. The second-order valence-corrected chi connectivity index (χ2v) is 7.70. The fourth-order valence-electron chi connectivity index (χ4n) is 3.11. The van der Waals surface area contributed by atoms with Gasteiger partial charge in [0, 0.05) is 37.5 Å². The van der Waals surface area contributed by atoms with E-state index in [1.165, 1.54) is 0 Å². The molecule has 0 spiro atoms. The van der Waals surface area contributed by atoms with Gasteiger partial charge in [-0.3, -0.25) is 0 Å². The molecule has 8 heteroatoms. The first kappa shape index (κ1) is 19.3. The number of anilines is 1. The highest BCUT2D eigenvalue weighted by Crippen LogP contribution is 2.34. The number of ether oxygens (including phenoxy) is 1. The van der Waals surface area contributed by atoms with Crippen molar-refractivity contribution in [1.82, 2.24) is 15.0 Å². The second-order valence-electron chi connectivity index (χ2n) is 6.97. The summed E-state index contributed by atoms with van der Waals surface area (Å²) in [6.07, 6.45) is 3.43. The van der Waals surface area contributed by atoms with Crippen molar-refractivity contribution in [3.8, 4) is 11.3 Å².